The average molecular weight is 377 g/mol. The third-order valence-electron chi connectivity index (χ3n) is 5.25. The van der Waals surface area contributed by atoms with Gasteiger partial charge in [0.15, 0.2) is 0 Å². The summed E-state index contributed by atoms with van der Waals surface area (Å²) in [7, 11) is 0. The van der Waals surface area contributed by atoms with Crippen molar-refractivity contribution < 1.29 is 14.4 Å². The molecule has 0 unspecified atom stereocenters. The van der Waals surface area contributed by atoms with E-state index in [0.29, 0.717) is 18.7 Å². The molecule has 28 heavy (non-hydrogen) atoms. The molecule has 2 heterocycles. The Labute approximate surface area is 164 Å². The lowest BCUT2D eigenvalue weighted by Gasteiger charge is -2.18. The summed E-state index contributed by atoms with van der Waals surface area (Å²) < 4.78 is 0. The highest BCUT2D eigenvalue weighted by Gasteiger charge is 2.39. The van der Waals surface area contributed by atoms with E-state index in [9.17, 15) is 14.4 Å². The molecule has 2 saturated heterocycles. The van der Waals surface area contributed by atoms with Crippen molar-refractivity contribution in [1.29, 1.82) is 0 Å². The zero-order valence-electron chi connectivity index (χ0n) is 15.9. The SMILES string of the molecule is Cc1ccc(N2C(=O)C[C@@H](Nc3cccc(CN4CCCC4=O)c3)C2=O)cc1. The number of benzene rings is 2. The van der Waals surface area contributed by atoms with E-state index in [1.54, 1.807) is 12.1 Å². The van der Waals surface area contributed by atoms with Crippen molar-refractivity contribution in [2.45, 2.75) is 38.8 Å². The Morgan fingerprint density at radius 3 is 2.54 bits per heavy atom. The van der Waals surface area contributed by atoms with E-state index in [2.05, 4.69) is 5.32 Å². The van der Waals surface area contributed by atoms with Gasteiger partial charge in [-0.25, -0.2) is 4.90 Å². The van der Waals surface area contributed by atoms with Crippen molar-refractivity contribution in [3.8, 4) is 0 Å². The van der Waals surface area contributed by atoms with Crippen LogP contribution >= 0.6 is 0 Å². The van der Waals surface area contributed by atoms with E-state index < -0.39 is 6.04 Å². The number of carbonyl (C=O) groups excluding carboxylic acids is 3. The zero-order chi connectivity index (χ0) is 19.7. The molecule has 0 bridgehead atoms. The van der Waals surface area contributed by atoms with E-state index in [1.807, 2.05) is 48.2 Å². The molecule has 0 aliphatic carbocycles. The van der Waals surface area contributed by atoms with Crippen LogP contribution < -0.4 is 10.2 Å². The van der Waals surface area contributed by atoms with Crippen LogP contribution in [0.25, 0.3) is 0 Å². The second-order valence-corrected chi connectivity index (χ2v) is 7.42. The number of amides is 3. The number of nitrogens with one attached hydrogen (secondary N) is 1. The first kappa shape index (κ1) is 18.2. The number of aryl methyl sites for hydroxylation is 1. The van der Waals surface area contributed by atoms with Gasteiger partial charge in [-0.2, -0.15) is 0 Å². The normalized spacial score (nSPS) is 19.6. The van der Waals surface area contributed by atoms with Crippen molar-refractivity contribution in [3.05, 3.63) is 59.7 Å². The first-order valence-electron chi connectivity index (χ1n) is 9.58. The van der Waals surface area contributed by atoms with E-state index >= 15 is 0 Å². The predicted octanol–water partition coefficient (Wildman–Crippen LogP) is 2.86. The fourth-order valence-electron chi connectivity index (χ4n) is 3.76. The zero-order valence-corrected chi connectivity index (χ0v) is 15.9. The monoisotopic (exact) mass is 377 g/mol. The number of rotatable bonds is 5. The van der Waals surface area contributed by atoms with Gasteiger partial charge in [0.05, 0.1) is 12.1 Å². The molecule has 0 aromatic heterocycles. The van der Waals surface area contributed by atoms with E-state index in [0.717, 1.165) is 29.8 Å². The third kappa shape index (κ3) is 3.63. The predicted molar refractivity (Wildman–Crippen MR) is 107 cm³/mol. The first-order valence-corrected chi connectivity index (χ1v) is 9.58. The van der Waals surface area contributed by atoms with E-state index in [1.165, 1.54) is 4.90 Å². The Kier molecular flexibility index (Phi) is 4.86. The molecular weight excluding hydrogens is 354 g/mol. The molecule has 144 valence electrons. The molecular formula is C22H23N3O3. The molecule has 3 amide bonds. The summed E-state index contributed by atoms with van der Waals surface area (Å²) >= 11 is 0. The molecule has 0 saturated carbocycles. The van der Waals surface area contributed by atoms with Crippen LogP contribution in [-0.4, -0.2) is 35.2 Å². The number of anilines is 2. The number of hydrogen-bond donors (Lipinski definition) is 1. The largest absolute Gasteiger partial charge is 0.373 e. The fraction of sp³-hybridized carbons (Fsp3) is 0.318. The Balaban J connectivity index is 1.46. The molecule has 2 aromatic carbocycles. The minimum absolute atomic E-state index is 0.127. The molecule has 0 radical (unpaired) electrons. The van der Waals surface area contributed by atoms with Gasteiger partial charge in [0, 0.05) is 25.2 Å². The molecule has 1 atom stereocenters. The lowest BCUT2D eigenvalue weighted by Crippen LogP contribution is -2.34. The van der Waals surface area contributed by atoms with Gasteiger partial charge in [0.1, 0.15) is 6.04 Å². The van der Waals surface area contributed by atoms with Crippen LogP contribution in [0, 0.1) is 6.92 Å². The molecule has 2 aliphatic rings. The van der Waals surface area contributed by atoms with E-state index in [-0.39, 0.29) is 24.1 Å². The fourth-order valence-corrected chi connectivity index (χ4v) is 3.76. The molecule has 6 nitrogen and oxygen atoms in total. The van der Waals surface area contributed by atoms with Gasteiger partial charge >= 0.3 is 0 Å². The van der Waals surface area contributed by atoms with Crippen molar-refractivity contribution in [1.82, 2.24) is 4.90 Å². The highest BCUT2D eigenvalue weighted by Crippen LogP contribution is 2.26. The number of imide groups is 1. The standard InChI is InChI=1S/C22H23N3O3/c1-15-7-9-18(10-8-15)25-21(27)13-19(22(25)28)23-17-5-2-4-16(12-17)14-24-11-3-6-20(24)26/h2,4-5,7-10,12,19,23H,3,6,11,13-14H2,1H3/t19-/m1/s1. The highest BCUT2D eigenvalue weighted by molar-refractivity contribution is 6.23. The van der Waals surface area contributed by atoms with Crippen molar-refractivity contribution in [2.75, 3.05) is 16.8 Å². The van der Waals surface area contributed by atoms with Crippen LogP contribution in [0.5, 0.6) is 0 Å². The summed E-state index contributed by atoms with van der Waals surface area (Å²) in [5, 5.41) is 3.19. The third-order valence-corrected chi connectivity index (χ3v) is 5.25. The summed E-state index contributed by atoms with van der Waals surface area (Å²) in [6, 6.07) is 14.5. The number of hydrogen-bond acceptors (Lipinski definition) is 4. The summed E-state index contributed by atoms with van der Waals surface area (Å²) in [4.78, 5) is 40.2. The topological polar surface area (TPSA) is 69.7 Å². The summed E-state index contributed by atoms with van der Waals surface area (Å²) in [5.41, 5.74) is 3.46. The van der Waals surface area contributed by atoms with Crippen LogP contribution in [0.1, 0.15) is 30.4 Å². The summed E-state index contributed by atoms with van der Waals surface area (Å²) in [5.74, 6) is -0.261. The smallest absolute Gasteiger partial charge is 0.256 e. The summed E-state index contributed by atoms with van der Waals surface area (Å²) in [6.45, 7) is 3.32. The van der Waals surface area contributed by atoms with Crippen molar-refractivity contribution >= 4 is 29.1 Å². The van der Waals surface area contributed by atoms with Crippen LogP contribution in [0.15, 0.2) is 48.5 Å². The molecule has 2 aromatic rings. The lowest BCUT2D eigenvalue weighted by molar-refractivity contribution is -0.128. The highest BCUT2D eigenvalue weighted by atomic mass is 16.2. The van der Waals surface area contributed by atoms with Gasteiger partial charge in [-0.15, -0.1) is 0 Å². The lowest BCUT2D eigenvalue weighted by atomic mass is 10.1. The van der Waals surface area contributed by atoms with Crippen molar-refractivity contribution in [3.63, 3.8) is 0 Å². The number of likely N-dealkylation sites (tertiary alicyclic amines) is 1. The number of carbonyl (C=O) groups is 3. The van der Waals surface area contributed by atoms with Gasteiger partial charge in [0.2, 0.25) is 11.8 Å². The molecule has 1 N–H and O–H groups in total. The first-order chi connectivity index (χ1) is 13.5. The number of nitrogens with zero attached hydrogens (tertiary/aromatic N) is 2. The van der Waals surface area contributed by atoms with Crippen LogP contribution in [0.2, 0.25) is 0 Å². The molecule has 2 aliphatic heterocycles. The van der Waals surface area contributed by atoms with Crippen molar-refractivity contribution in [2.24, 2.45) is 0 Å². The maximum Gasteiger partial charge on any atom is 0.256 e. The van der Waals surface area contributed by atoms with E-state index in [4.69, 9.17) is 0 Å². The Morgan fingerprint density at radius 1 is 1.04 bits per heavy atom. The second kappa shape index (κ2) is 7.46. The van der Waals surface area contributed by atoms with Crippen LogP contribution in [0.4, 0.5) is 11.4 Å². The average Bonchev–Trinajstić information content (AvgIpc) is 3.19. The minimum Gasteiger partial charge on any atom is -0.373 e. The van der Waals surface area contributed by atoms with Gasteiger partial charge in [-0.05, 0) is 43.2 Å². The summed E-state index contributed by atoms with van der Waals surface area (Å²) in [6.07, 6.45) is 1.65. The van der Waals surface area contributed by atoms with Gasteiger partial charge in [0.25, 0.3) is 5.91 Å². The van der Waals surface area contributed by atoms with Gasteiger partial charge in [-0.1, -0.05) is 29.8 Å². The van der Waals surface area contributed by atoms with Crippen LogP contribution in [-0.2, 0) is 20.9 Å². The molecule has 6 heteroatoms. The second-order valence-electron chi connectivity index (χ2n) is 7.42. The molecule has 0 spiro atoms. The molecule has 2 fully saturated rings. The molecule has 4 rings (SSSR count). The van der Waals surface area contributed by atoms with Gasteiger partial charge < -0.3 is 10.2 Å². The van der Waals surface area contributed by atoms with Crippen LogP contribution in [0.3, 0.4) is 0 Å². The van der Waals surface area contributed by atoms with Gasteiger partial charge in [-0.3, -0.25) is 14.4 Å². The Hall–Kier alpha value is -3.15. The quantitative estimate of drug-likeness (QED) is 0.814. The minimum atomic E-state index is -0.586. The Bertz CT molecular complexity index is 923. The maximum absolute atomic E-state index is 12.8. The Morgan fingerprint density at radius 2 is 1.82 bits per heavy atom. The maximum atomic E-state index is 12.8.